The van der Waals surface area contributed by atoms with Crippen LogP contribution in [0.1, 0.15) is 22.8 Å². The number of fused-ring (bicyclic) bond motifs is 8. The van der Waals surface area contributed by atoms with Crippen LogP contribution in [0.25, 0.3) is 46.4 Å². The monoisotopic (exact) mass is 332 g/mol. The van der Waals surface area contributed by atoms with Crippen molar-refractivity contribution in [2.45, 2.75) is 0 Å². The Balaban J connectivity index is 0.000000980. The molecule has 5 rings (SSSR count). The second kappa shape index (κ2) is 6.92. The van der Waals surface area contributed by atoms with E-state index in [4.69, 9.17) is 0 Å². The number of nitrogens with one attached hydrogen (secondary N) is 2. The van der Waals surface area contributed by atoms with Crippen LogP contribution >= 0.6 is 0 Å². The Morgan fingerprint density at radius 3 is 1.23 bits per heavy atom. The summed E-state index contributed by atoms with van der Waals surface area (Å²) < 4.78 is 0. The highest BCUT2D eigenvalue weighted by atomic mass is 14.8. The molecule has 2 aliphatic heterocycles. The highest BCUT2D eigenvalue weighted by molar-refractivity contribution is 5.77. The molecule has 26 heavy (non-hydrogen) atoms. The van der Waals surface area contributed by atoms with E-state index < -0.39 is 0 Å². The SMILES string of the molecule is C1=Cc2cc3ccc(cc4ccc(cc5nc(cc1n2)C=C5)[nH]4)[nH]3.[B].[B]. The molecule has 0 saturated heterocycles. The van der Waals surface area contributed by atoms with Gasteiger partial charge in [0.2, 0.25) is 0 Å². The molecule has 6 heteroatoms. The number of rotatable bonds is 0. The Morgan fingerprint density at radius 1 is 0.462 bits per heavy atom. The molecule has 3 aromatic rings. The number of nitrogens with zero attached hydrogens (tertiary/aromatic N) is 2. The van der Waals surface area contributed by atoms with E-state index in [1.807, 2.05) is 42.5 Å². The Hall–Kier alpha value is -3.27. The molecule has 0 unspecified atom stereocenters. The molecule has 0 aliphatic carbocycles. The molecule has 6 radical (unpaired) electrons. The summed E-state index contributed by atoms with van der Waals surface area (Å²) in [4.78, 5) is 16.0. The van der Waals surface area contributed by atoms with E-state index in [9.17, 15) is 0 Å². The maximum Gasteiger partial charge on any atom is 0.0659 e. The minimum Gasteiger partial charge on any atom is -0.355 e. The van der Waals surface area contributed by atoms with Crippen LogP contribution in [0.2, 0.25) is 0 Å². The molecular formula is C20H14B2N4. The lowest BCUT2D eigenvalue weighted by molar-refractivity contribution is 1.28. The Bertz CT molecular complexity index is 1080. The van der Waals surface area contributed by atoms with Crippen LogP contribution in [0.4, 0.5) is 0 Å². The molecule has 0 amide bonds. The van der Waals surface area contributed by atoms with Gasteiger partial charge in [-0.05, 0) is 72.8 Å². The highest BCUT2D eigenvalue weighted by Gasteiger charge is 2.02. The van der Waals surface area contributed by atoms with Gasteiger partial charge >= 0.3 is 0 Å². The van der Waals surface area contributed by atoms with Crippen molar-refractivity contribution in [3.05, 3.63) is 71.3 Å². The molecule has 2 N–H and O–H groups in total. The average Bonchev–Trinajstić information content (AvgIpc) is 3.32. The van der Waals surface area contributed by atoms with E-state index in [2.05, 4.69) is 50.3 Å². The van der Waals surface area contributed by atoms with Crippen molar-refractivity contribution < 1.29 is 0 Å². The zero-order valence-corrected chi connectivity index (χ0v) is 14.0. The molecule has 0 spiro atoms. The number of aromatic amines is 2. The first-order chi connectivity index (χ1) is 11.8. The van der Waals surface area contributed by atoms with Crippen LogP contribution in [0.5, 0.6) is 0 Å². The van der Waals surface area contributed by atoms with Gasteiger partial charge in [0.1, 0.15) is 0 Å². The van der Waals surface area contributed by atoms with Crippen LogP contribution in [-0.2, 0) is 0 Å². The predicted molar refractivity (Wildman–Crippen MR) is 110 cm³/mol. The molecule has 0 atom stereocenters. The quantitative estimate of drug-likeness (QED) is 0.423. The number of hydrogen-bond acceptors (Lipinski definition) is 2. The lowest BCUT2D eigenvalue weighted by Crippen LogP contribution is -1.77. The van der Waals surface area contributed by atoms with Gasteiger partial charge in [-0.15, -0.1) is 0 Å². The Morgan fingerprint density at radius 2 is 0.808 bits per heavy atom. The summed E-state index contributed by atoms with van der Waals surface area (Å²) in [5.74, 6) is 0. The van der Waals surface area contributed by atoms with Gasteiger partial charge in [-0.3, -0.25) is 0 Å². The van der Waals surface area contributed by atoms with E-state index in [1.54, 1.807) is 0 Å². The first kappa shape index (κ1) is 17.5. The Kier molecular flexibility index (Phi) is 4.67. The first-order valence-corrected chi connectivity index (χ1v) is 7.85. The lowest BCUT2D eigenvalue weighted by atomic mass is 10.3. The smallest absolute Gasteiger partial charge is 0.0659 e. The topological polar surface area (TPSA) is 57.4 Å². The molecule has 120 valence electrons. The van der Waals surface area contributed by atoms with E-state index in [-0.39, 0.29) is 16.8 Å². The van der Waals surface area contributed by atoms with Crippen LogP contribution in [-0.4, -0.2) is 36.8 Å². The fraction of sp³-hybridized carbons (Fsp3) is 0. The molecule has 0 aromatic carbocycles. The summed E-state index contributed by atoms with van der Waals surface area (Å²) in [5.41, 5.74) is 7.86. The maximum atomic E-state index is 4.62. The predicted octanol–water partition coefficient (Wildman–Crippen LogP) is 3.89. The van der Waals surface area contributed by atoms with E-state index >= 15 is 0 Å². The third-order valence-corrected chi connectivity index (χ3v) is 4.04. The van der Waals surface area contributed by atoms with Gasteiger partial charge in [-0.1, -0.05) is 0 Å². The standard InChI is InChI=1S/C20H14N4.2B/c1-2-14-10-16-5-6-18(23-16)12-20-8-7-19(24-20)11-17-4-3-15(22-17)9-13(1)21-14;;/h1-12,21-22H;;. The number of hydrogen-bond donors (Lipinski definition) is 2. The van der Waals surface area contributed by atoms with Crippen molar-refractivity contribution in [2.24, 2.45) is 0 Å². The Labute approximate surface area is 154 Å². The fourth-order valence-corrected chi connectivity index (χ4v) is 2.94. The van der Waals surface area contributed by atoms with Crippen molar-refractivity contribution in [3.63, 3.8) is 0 Å². The zero-order chi connectivity index (χ0) is 15.9. The van der Waals surface area contributed by atoms with Gasteiger partial charge in [0.05, 0.1) is 22.8 Å². The van der Waals surface area contributed by atoms with E-state index in [1.165, 1.54) is 0 Å². The van der Waals surface area contributed by atoms with Crippen molar-refractivity contribution in [1.82, 2.24) is 19.9 Å². The molecule has 8 bridgehead atoms. The molecule has 0 fully saturated rings. The van der Waals surface area contributed by atoms with Crippen molar-refractivity contribution in [1.29, 1.82) is 0 Å². The summed E-state index contributed by atoms with van der Waals surface area (Å²) >= 11 is 0. The summed E-state index contributed by atoms with van der Waals surface area (Å²) in [6, 6.07) is 16.4. The third-order valence-electron chi connectivity index (χ3n) is 4.04. The van der Waals surface area contributed by atoms with Gasteiger partial charge in [0.15, 0.2) is 0 Å². The normalized spacial score (nSPS) is 11.7. The van der Waals surface area contributed by atoms with Gasteiger partial charge in [0.25, 0.3) is 0 Å². The zero-order valence-electron chi connectivity index (χ0n) is 14.0. The van der Waals surface area contributed by atoms with Gasteiger partial charge < -0.3 is 9.97 Å². The summed E-state index contributed by atoms with van der Waals surface area (Å²) in [6.07, 6.45) is 8.05. The van der Waals surface area contributed by atoms with E-state index in [0.717, 1.165) is 44.8 Å². The highest BCUT2D eigenvalue weighted by Crippen LogP contribution is 2.17. The second-order valence-corrected chi connectivity index (χ2v) is 5.91. The van der Waals surface area contributed by atoms with Crippen molar-refractivity contribution in [2.75, 3.05) is 0 Å². The first-order valence-electron chi connectivity index (χ1n) is 7.85. The molecule has 2 aliphatic rings. The molecule has 0 saturated carbocycles. The second-order valence-electron chi connectivity index (χ2n) is 5.91. The van der Waals surface area contributed by atoms with Crippen LogP contribution in [0.3, 0.4) is 0 Å². The van der Waals surface area contributed by atoms with Gasteiger partial charge in [0, 0.05) is 38.9 Å². The van der Waals surface area contributed by atoms with E-state index in [0.29, 0.717) is 0 Å². The summed E-state index contributed by atoms with van der Waals surface area (Å²) in [6.45, 7) is 0. The van der Waals surface area contributed by atoms with Crippen molar-refractivity contribution >= 4 is 63.2 Å². The molecule has 4 nitrogen and oxygen atoms in total. The van der Waals surface area contributed by atoms with Crippen molar-refractivity contribution in [3.8, 4) is 0 Å². The molecule has 3 aromatic heterocycles. The van der Waals surface area contributed by atoms with Crippen LogP contribution in [0, 0.1) is 0 Å². The lowest BCUT2D eigenvalue weighted by Gasteiger charge is -1.86. The summed E-state index contributed by atoms with van der Waals surface area (Å²) in [7, 11) is 0. The number of aromatic nitrogens is 4. The maximum absolute atomic E-state index is 4.62. The largest absolute Gasteiger partial charge is 0.355 e. The van der Waals surface area contributed by atoms with Gasteiger partial charge in [-0.2, -0.15) is 0 Å². The minimum absolute atomic E-state index is 0. The fourth-order valence-electron chi connectivity index (χ4n) is 2.94. The molecule has 5 heterocycles. The minimum atomic E-state index is 0. The van der Waals surface area contributed by atoms with Crippen LogP contribution < -0.4 is 0 Å². The van der Waals surface area contributed by atoms with Gasteiger partial charge in [-0.25, -0.2) is 9.97 Å². The third kappa shape index (κ3) is 3.40. The number of H-pyrrole nitrogens is 2. The molecular weight excluding hydrogens is 318 g/mol. The summed E-state index contributed by atoms with van der Waals surface area (Å²) in [5, 5.41) is 0. The van der Waals surface area contributed by atoms with Crippen LogP contribution in [0.15, 0.2) is 48.5 Å². The average molecular weight is 332 g/mol.